The van der Waals surface area contributed by atoms with Crippen LogP contribution in [0.4, 0.5) is 4.39 Å². The summed E-state index contributed by atoms with van der Waals surface area (Å²) in [5.41, 5.74) is 8.27. The van der Waals surface area contributed by atoms with Gasteiger partial charge in [0.25, 0.3) is 0 Å². The zero-order chi connectivity index (χ0) is 14.4. The second-order valence-corrected chi connectivity index (χ2v) is 4.86. The van der Waals surface area contributed by atoms with Crippen molar-refractivity contribution in [2.45, 2.75) is 25.8 Å². The van der Waals surface area contributed by atoms with Gasteiger partial charge in [-0.25, -0.2) is 4.39 Å². The molecule has 106 valence electrons. The molecule has 0 saturated heterocycles. The molecular weight excluding hydrogens is 253 g/mol. The van der Waals surface area contributed by atoms with Crippen LogP contribution in [0.1, 0.15) is 30.5 Å². The molecule has 3 heteroatoms. The van der Waals surface area contributed by atoms with Gasteiger partial charge in [0.05, 0.1) is 6.61 Å². The van der Waals surface area contributed by atoms with Gasteiger partial charge in [-0.2, -0.15) is 0 Å². The summed E-state index contributed by atoms with van der Waals surface area (Å²) in [5.74, 6) is 0.621. The van der Waals surface area contributed by atoms with E-state index in [0.29, 0.717) is 13.0 Å². The van der Waals surface area contributed by atoms with Crippen LogP contribution in [0.3, 0.4) is 0 Å². The van der Waals surface area contributed by atoms with E-state index in [0.717, 1.165) is 23.3 Å². The summed E-state index contributed by atoms with van der Waals surface area (Å²) >= 11 is 0. The van der Waals surface area contributed by atoms with Crippen LogP contribution < -0.4 is 10.5 Å². The van der Waals surface area contributed by atoms with Crippen molar-refractivity contribution in [1.29, 1.82) is 0 Å². The fourth-order valence-corrected chi connectivity index (χ4v) is 2.05. The molecule has 2 aromatic rings. The largest absolute Gasteiger partial charge is 0.494 e. The Kier molecular flexibility index (Phi) is 5.13. The third-order valence-electron chi connectivity index (χ3n) is 3.13. The third kappa shape index (κ3) is 4.07. The smallest absolute Gasteiger partial charge is 0.123 e. The molecule has 2 aromatic carbocycles. The van der Waals surface area contributed by atoms with E-state index in [2.05, 4.69) is 6.92 Å². The van der Waals surface area contributed by atoms with E-state index in [1.54, 1.807) is 12.1 Å². The summed E-state index contributed by atoms with van der Waals surface area (Å²) in [6.07, 6.45) is 1.66. The van der Waals surface area contributed by atoms with Crippen molar-refractivity contribution >= 4 is 0 Å². The monoisotopic (exact) mass is 273 g/mol. The molecule has 2 rings (SSSR count). The Morgan fingerprint density at radius 1 is 1.15 bits per heavy atom. The van der Waals surface area contributed by atoms with Gasteiger partial charge in [0.1, 0.15) is 11.6 Å². The van der Waals surface area contributed by atoms with Crippen molar-refractivity contribution in [3.05, 3.63) is 65.5 Å². The Hall–Kier alpha value is -1.87. The lowest BCUT2D eigenvalue weighted by Gasteiger charge is -2.14. The van der Waals surface area contributed by atoms with Crippen LogP contribution in [0, 0.1) is 5.82 Å². The van der Waals surface area contributed by atoms with Crippen molar-refractivity contribution in [1.82, 2.24) is 0 Å². The van der Waals surface area contributed by atoms with Crippen LogP contribution >= 0.6 is 0 Å². The standard InChI is InChI=1S/C17H20FNO/c1-2-10-20-16-5-3-4-14(12-16)17(19)11-13-6-8-15(18)9-7-13/h3-9,12,17H,2,10-11,19H2,1H3. The molecule has 2 N–H and O–H groups in total. The van der Waals surface area contributed by atoms with Crippen molar-refractivity contribution < 1.29 is 9.13 Å². The highest BCUT2D eigenvalue weighted by atomic mass is 19.1. The number of benzene rings is 2. The summed E-state index contributed by atoms with van der Waals surface area (Å²) in [7, 11) is 0. The molecule has 1 unspecified atom stereocenters. The van der Waals surface area contributed by atoms with E-state index in [4.69, 9.17) is 10.5 Å². The minimum atomic E-state index is -0.225. The molecule has 2 nitrogen and oxygen atoms in total. The highest BCUT2D eigenvalue weighted by molar-refractivity contribution is 5.31. The second-order valence-electron chi connectivity index (χ2n) is 4.86. The Labute approximate surface area is 119 Å². The minimum absolute atomic E-state index is 0.120. The zero-order valence-corrected chi connectivity index (χ0v) is 11.7. The van der Waals surface area contributed by atoms with Gasteiger partial charge in [-0.15, -0.1) is 0 Å². The molecule has 0 heterocycles. The number of ether oxygens (including phenoxy) is 1. The molecule has 0 amide bonds. The fourth-order valence-electron chi connectivity index (χ4n) is 2.05. The van der Waals surface area contributed by atoms with E-state index in [-0.39, 0.29) is 11.9 Å². The molecule has 0 aliphatic carbocycles. The molecule has 0 radical (unpaired) electrons. The maximum atomic E-state index is 12.9. The maximum Gasteiger partial charge on any atom is 0.123 e. The topological polar surface area (TPSA) is 35.2 Å². The van der Waals surface area contributed by atoms with Crippen molar-refractivity contribution in [3.8, 4) is 5.75 Å². The zero-order valence-electron chi connectivity index (χ0n) is 11.7. The number of hydrogen-bond acceptors (Lipinski definition) is 2. The van der Waals surface area contributed by atoms with E-state index in [9.17, 15) is 4.39 Å². The molecule has 0 spiro atoms. The third-order valence-corrected chi connectivity index (χ3v) is 3.13. The predicted octanol–water partition coefficient (Wildman–Crippen LogP) is 3.86. The normalized spacial score (nSPS) is 12.2. The van der Waals surface area contributed by atoms with Crippen LogP contribution in [0.5, 0.6) is 5.75 Å². The average Bonchev–Trinajstić information content (AvgIpc) is 2.48. The Morgan fingerprint density at radius 2 is 1.90 bits per heavy atom. The number of nitrogens with two attached hydrogens (primary N) is 1. The van der Waals surface area contributed by atoms with Crippen LogP contribution in [-0.4, -0.2) is 6.61 Å². The minimum Gasteiger partial charge on any atom is -0.494 e. The fraction of sp³-hybridized carbons (Fsp3) is 0.294. The highest BCUT2D eigenvalue weighted by Gasteiger charge is 2.08. The van der Waals surface area contributed by atoms with Gasteiger partial charge in [0, 0.05) is 6.04 Å². The molecule has 0 saturated carbocycles. The summed E-state index contributed by atoms with van der Waals surface area (Å²) < 4.78 is 18.5. The first-order valence-corrected chi connectivity index (χ1v) is 6.92. The van der Waals surface area contributed by atoms with Crippen molar-refractivity contribution in [2.24, 2.45) is 5.73 Å². The maximum absolute atomic E-state index is 12.9. The Morgan fingerprint density at radius 3 is 2.60 bits per heavy atom. The Balaban J connectivity index is 2.04. The molecule has 1 atom stereocenters. The predicted molar refractivity (Wildman–Crippen MR) is 79.3 cm³/mol. The van der Waals surface area contributed by atoms with Gasteiger partial charge in [-0.3, -0.25) is 0 Å². The highest BCUT2D eigenvalue weighted by Crippen LogP contribution is 2.21. The molecule has 20 heavy (non-hydrogen) atoms. The van der Waals surface area contributed by atoms with Gasteiger partial charge in [0.2, 0.25) is 0 Å². The van der Waals surface area contributed by atoms with Crippen LogP contribution in [-0.2, 0) is 6.42 Å². The summed E-state index contributed by atoms with van der Waals surface area (Å²) in [4.78, 5) is 0. The van der Waals surface area contributed by atoms with Crippen molar-refractivity contribution in [3.63, 3.8) is 0 Å². The lowest BCUT2D eigenvalue weighted by Crippen LogP contribution is -2.13. The molecule has 0 aromatic heterocycles. The SMILES string of the molecule is CCCOc1cccc(C(N)Cc2ccc(F)cc2)c1. The Bertz CT molecular complexity index is 539. The second kappa shape index (κ2) is 7.06. The number of hydrogen-bond donors (Lipinski definition) is 1. The first-order valence-electron chi connectivity index (χ1n) is 6.92. The van der Waals surface area contributed by atoms with Crippen LogP contribution in [0.2, 0.25) is 0 Å². The first-order chi connectivity index (χ1) is 9.69. The van der Waals surface area contributed by atoms with E-state index >= 15 is 0 Å². The van der Waals surface area contributed by atoms with Crippen LogP contribution in [0.25, 0.3) is 0 Å². The summed E-state index contributed by atoms with van der Waals surface area (Å²) in [6, 6.07) is 14.2. The van der Waals surface area contributed by atoms with E-state index in [1.807, 2.05) is 24.3 Å². The molecule has 0 fully saturated rings. The van der Waals surface area contributed by atoms with Gasteiger partial charge >= 0.3 is 0 Å². The molecule has 0 aliphatic heterocycles. The lowest BCUT2D eigenvalue weighted by molar-refractivity contribution is 0.317. The summed E-state index contributed by atoms with van der Waals surface area (Å²) in [5, 5.41) is 0. The molecule has 0 aliphatic rings. The van der Waals surface area contributed by atoms with Gasteiger partial charge < -0.3 is 10.5 Å². The quantitative estimate of drug-likeness (QED) is 0.867. The van der Waals surface area contributed by atoms with Gasteiger partial charge in [-0.05, 0) is 48.2 Å². The lowest BCUT2D eigenvalue weighted by atomic mass is 9.99. The number of halogens is 1. The first kappa shape index (κ1) is 14.5. The van der Waals surface area contributed by atoms with Crippen LogP contribution in [0.15, 0.2) is 48.5 Å². The van der Waals surface area contributed by atoms with Gasteiger partial charge in [-0.1, -0.05) is 31.2 Å². The molecule has 0 bridgehead atoms. The average molecular weight is 273 g/mol. The summed E-state index contributed by atoms with van der Waals surface area (Å²) in [6.45, 7) is 2.78. The van der Waals surface area contributed by atoms with E-state index in [1.165, 1.54) is 12.1 Å². The van der Waals surface area contributed by atoms with Crippen molar-refractivity contribution in [2.75, 3.05) is 6.61 Å². The van der Waals surface area contributed by atoms with E-state index < -0.39 is 0 Å². The van der Waals surface area contributed by atoms with Gasteiger partial charge in [0.15, 0.2) is 0 Å². The number of rotatable bonds is 6. The molecular formula is C17H20FNO.